The van der Waals surface area contributed by atoms with Crippen LogP contribution in [0.15, 0.2) is 47.2 Å². The summed E-state index contributed by atoms with van der Waals surface area (Å²) in [5, 5.41) is 5.55. The van der Waals surface area contributed by atoms with Gasteiger partial charge in [0.2, 0.25) is 0 Å². The monoisotopic (exact) mass is 448 g/mol. The molecule has 0 fully saturated rings. The average Bonchev–Trinajstić information content (AvgIpc) is 3.41. The highest BCUT2D eigenvalue weighted by molar-refractivity contribution is 7.75. The van der Waals surface area contributed by atoms with Crippen LogP contribution < -0.4 is 5.30 Å². The van der Waals surface area contributed by atoms with E-state index in [2.05, 4.69) is 112 Å². The minimum atomic E-state index is -0.912. The quantitative estimate of drug-likeness (QED) is 0.278. The third-order valence-electron chi connectivity index (χ3n) is 4.95. The van der Waals surface area contributed by atoms with Gasteiger partial charge in [0.15, 0.2) is 0 Å². The van der Waals surface area contributed by atoms with E-state index < -0.39 is 7.92 Å². The van der Waals surface area contributed by atoms with Crippen molar-refractivity contribution in [1.82, 2.24) is 0 Å². The molecule has 1 aromatic carbocycles. The Kier molecular flexibility index (Phi) is 7.97. The molecule has 3 aromatic rings. The van der Waals surface area contributed by atoms with Gasteiger partial charge in [-0.25, -0.2) is 0 Å². The standard InChI is InChI=1S/C27H29PS2/c1-19(2)22-17-25(20(3)4)27(26(18-22)21(5)6)28(13-11-23-9-7-15-29-23)14-12-24-10-8-16-30-24/h7-10,15-21H,1-6H3. The molecule has 0 aliphatic heterocycles. The Labute approximate surface area is 191 Å². The molecule has 0 unspecified atom stereocenters. The molecule has 0 nitrogen and oxygen atoms in total. The fourth-order valence-electron chi connectivity index (χ4n) is 3.24. The van der Waals surface area contributed by atoms with Crippen molar-refractivity contribution in [2.45, 2.75) is 59.3 Å². The highest BCUT2D eigenvalue weighted by atomic mass is 32.1. The smallest absolute Gasteiger partial charge is 0.0824 e. The zero-order chi connectivity index (χ0) is 21.7. The molecule has 0 atom stereocenters. The van der Waals surface area contributed by atoms with Crippen LogP contribution in [0.25, 0.3) is 0 Å². The molecule has 0 aliphatic rings. The Morgan fingerprint density at radius 2 is 1.17 bits per heavy atom. The molecule has 0 radical (unpaired) electrons. The van der Waals surface area contributed by atoms with Gasteiger partial charge in [-0.05, 0) is 57.3 Å². The fraction of sp³-hybridized carbons (Fsp3) is 0.333. The van der Waals surface area contributed by atoms with Crippen molar-refractivity contribution in [3.63, 3.8) is 0 Å². The van der Waals surface area contributed by atoms with Crippen molar-refractivity contribution in [1.29, 1.82) is 0 Å². The van der Waals surface area contributed by atoms with Gasteiger partial charge in [0.1, 0.15) is 0 Å². The first-order valence-electron chi connectivity index (χ1n) is 10.4. The number of rotatable bonds is 4. The van der Waals surface area contributed by atoms with Crippen LogP contribution in [0.1, 0.15) is 85.7 Å². The first-order chi connectivity index (χ1) is 14.4. The minimum Gasteiger partial charge on any atom is -0.135 e. The van der Waals surface area contributed by atoms with E-state index in [0.29, 0.717) is 17.8 Å². The lowest BCUT2D eigenvalue weighted by atomic mass is 9.89. The van der Waals surface area contributed by atoms with Crippen LogP contribution in [-0.4, -0.2) is 0 Å². The summed E-state index contributed by atoms with van der Waals surface area (Å²) in [6, 6.07) is 13.1. The van der Waals surface area contributed by atoms with Crippen molar-refractivity contribution in [2.24, 2.45) is 0 Å². The molecule has 0 bridgehead atoms. The first-order valence-corrected chi connectivity index (χ1v) is 13.5. The Balaban J connectivity index is 2.22. The number of thiophene rings is 2. The van der Waals surface area contributed by atoms with Crippen molar-refractivity contribution >= 4 is 35.9 Å². The zero-order valence-electron chi connectivity index (χ0n) is 18.6. The summed E-state index contributed by atoms with van der Waals surface area (Å²) in [6.07, 6.45) is 0. The van der Waals surface area contributed by atoms with Gasteiger partial charge in [0.05, 0.1) is 17.7 Å². The highest BCUT2D eigenvalue weighted by Gasteiger charge is 2.22. The van der Waals surface area contributed by atoms with Crippen LogP contribution in [0.3, 0.4) is 0 Å². The predicted molar refractivity (Wildman–Crippen MR) is 138 cm³/mol. The summed E-state index contributed by atoms with van der Waals surface area (Å²) in [4.78, 5) is 2.22. The summed E-state index contributed by atoms with van der Waals surface area (Å²) < 4.78 is 0. The molecule has 0 spiro atoms. The van der Waals surface area contributed by atoms with E-state index in [1.54, 1.807) is 22.7 Å². The second-order valence-electron chi connectivity index (χ2n) is 8.28. The average molecular weight is 449 g/mol. The summed E-state index contributed by atoms with van der Waals surface area (Å²) in [7, 11) is -0.912. The lowest BCUT2D eigenvalue weighted by Gasteiger charge is -2.24. The van der Waals surface area contributed by atoms with Crippen molar-refractivity contribution in [2.75, 3.05) is 0 Å². The van der Waals surface area contributed by atoms with Gasteiger partial charge in [0.25, 0.3) is 0 Å². The number of hydrogen-bond acceptors (Lipinski definition) is 2. The summed E-state index contributed by atoms with van der Waals surface area (Å²) >= 11 is 3.39. The van der Waals surface area contributed by atoms with Crippen LogP contribution in [-0.2, 0) is 0 Å². The lowest BCUT2D eigenvalue weighted by Crippen LogP contribution is -2.17. The minimum absolute atomic E-state index is 0.438. The van der Waals surface area contributed by atoms with E-state index in [1.807, 2.05) is 0 Å². The van der Waals surface area contributed by atoms with Gasteiger partial charge in [-0.3, -0.25) is 0 Å². The molecular weight excluding hydrogens is 419 g/mol. The maximum Gasteiger partial charge on any atom is 0.0824 e. The molecular formula is C27H29PS2. The lowest BCUT2D eigenvalue weighted by molar-refractivity contribution is 0.813. The van der Waals surface area contributed by atoms with Crippen LogP contribution in [0.4, 0.5) is 0 Å². The van der Waals surface area contributed by atoms with Crippen molar-refractivity contribution in [3.8, 4) is 23.2 Å². The molecule has 3 rings (SSSR count). The molecule has 0 saturated heterocycles. The zero-order valence-corrected chi connectivity index (χ0v) is 21.1. The molecule has 2 heterocycles. The van der Waals surface area contributed by atoms with Gasteiger partial charge < -0.3 is 0 Å². The Morgan fingerprint density at radius 1 is 0.700 bits per heavy atom. The highest BCUT2D eigenvalue weighted by Crippen LogP contribution is 2.40. The van der Waals surface area contributed by atoms with Gasteiger partial charge in [-0.15, -0.1) is 22.7 Å². The van der Waals surface area contributed by atoms with Gasteiger partial charge in [-0.1, -0.05) is 89.0 Å². The van der Waals surface area contributed by atoms with E-state index in [1.165, 1.54) is 22.0 Å². The van der Waals surface area contributed by atoms with E-state index in [9.17, 15) is 0 Å². The van der Waals surface area contributed by atoms with Crippen LogP contribution >= 0.6 is 30.6 Å². The molecule has 0 amide bonds. The summed E-state index contributed by atoms with van der Waals surface area (Å²) in [5.41, 5.74) is 11.4. The topological polar surface area (TPSA) is 0 Å². The summed E-state index contributed by atoms with van der Waals surface area (Å²) in [5.74, 6) is 8.23. The molecule has 0 saturated carbocycles. The van der Waals surface area contributed by atoms with E-state index >= 15 is 0 Å². The van der Waals surface area contributed by atoms with Crippen LogP contribution in [0.5, 0.6) is 0 Å². The molecule has 0 aliphatic carbocycles. The first kappa shape index (κ1) is 22.8. The van der Waals surface area contributed by atoms with Crippen molar-refractivity contribution in [3.05, 3.63) is 73.6 Å². The predicted octanol–water partition coefficient (Wildman–Crippen LogP) is 8.31. The number of hydrogen-bond donors (Lipinski definition) is 0. The molecule has 0 N–H and O–H groups in total. The second-order valence-corrected chi connectivity index (χ2v) is 11.7. The van der Waals surface area contributed by atoms with E-state index in [4.69, 9.17) is 0 Å². The van der Waals surface area contributed by atoms with Gasteiger partial charge >= 0.3 is 0 Å². The normalized spacial score (nSPS) is 11.0. The second kappa shape index (κ2) is 10.5. The molecule has 154 valence electrons. The fourth-order valence-corrected chi connectivity index (χ4v) is 6.44. The Bertz CT molecular complexity index is 998. The van der Waals surface area contributed by atoms with Crippen molar-refractivity contribution < 1.29 is 0 Å². The Morgan fingerprint density at radius 3 is 1.50 bits per heavy atom. The third-order valence-corrected chi connectivity index (χ3v) is 8.15. The van der Waals surface area contributed by atoms with Crippen LogP contribution in [0.2, 0.25) is 0 Å². The third kappa shape index (κ3) is 5.65. The largest absolute Gasteiger partial charge is 0.135 e. The maximum absolute atomic E-state index is 3.60. The SMILES string of the molecule is CC(C)c1cc(C(C)C)c(P(C#Cc2cccs2)C#Cc2cccs2)c(C(C)C)c1. The van der Waals surface area contributed by atoms with E-state index in [0.717, 1.165) is 9.75 Å². The van der Waals surface area contributed by atoms with E-state index in [-0.39, 0.29) is 0 Å². The molecule has 2 aromatic heterocycles. The maximum atomic E-state index is 3.60. The molecule has 30 heavy (non-hydrogen) atoms. The molecule has 3 heteroatoms. The summed E-state index contributed by atoms with van der Waals surface area (Å²) in [6.45, 7) is 13.7. The van der Waals surface area contributed by atoms with Gasteiger partial charge in [0, 0.05) is 5.30 Å². The van der Waals surface area contributed by atoms with Gasteiger partial charge in [-0.2, -0.15) is 0 Å². The number of benzene rings is 1. The Hall–Kier alpha value is -1.83. The van der Waals surface area contributed by atoms with Crippen LogP contribution in [0, 0.1) is 23.2 Å².